The van der Waals surface area contributed by atoms with E-state index in [2.05, 4.69) is 43.5 Å². The highest BCUT2D eigenvalue weighted by Crippen LogP contribution is 2.15. The van der Waals surface area contributed by atoms with Gasteiger partial charge in [-0.05, 0) is 51.4 Å². The van der Waals surface area contributed by atoms with Gasteiger partial charge >= 0.3 is 0 Å². The van der Waals surface area contributed by atoms with Crippen molar-refractivity contribution in [1.82, 2.24) is 5.32 Å². The Hall–Kier alpha value is -1.39. The van der Waals surface area contributed by atoms with Gasteiger partial charge in [0.25, 0.3) is 0 Å². The summed E-state index contributed by atoms with van der Waals surface area (Å²) >= 11 is 0. The Labute approximate surface area is 287 Å². The van der Waals surface area contributed by atoms with Crippen molar-refractivity contribution in [3.63, 3.8) is 0 Å². The molecule has 1 amide bonds. The lowest BCUT2D eigenvalue weighted by molar-refractivity contribution is -0.122. The molecule has 2 atom stereocenters. The van der Waals surface area contributed by atoms with Gasteiger partial charge in [-0.2, -0.15) is 0 Å². The number of allylic oxidation sites excluding steroid dienone is 5. The summed E-state index contributed by atoms with van der Waals surface area (Å²) in [4.78, 5) is 12.2. The number of aliphatic hydroxyl groups excluding tert-OH is 2. The maximum absolute atomic E-state index is 12.2. The lowest BCUT2D eigenvalue weighted by atomic mass is 10.0. The number of rotatable bonds is 36. The Bertz CT molecular complexity index is 701. The molecule has 0 saturated heterocycles. The van der Waals surface area contributed by atoms with Crippen LogP contribution < -0.4 is 5.32 Å². The Morgan fingerprint density at radius 2 is 0.848 bits per heavy atom. The second kappa shape index (κ2) is 38.1. The van der Waals surface area contributed by atoms with E-state index in [1.807, 2.05) is 6.08 Å². The summed E-state index contributed by atoms with van der Waals surface area (Å²) in [6.07, 6.45) is 49.8. The molecule has 0 fully saturated rings. The van der Waals surface area contributed by atoms with E-state index in [0.29, 0.717) is 6.42 Å². The zero-order valence-electron chi connectivity index (χ0n) is 30.8. The SMILES string of the molecule is CCCCCC/C=C\CCCC(=O)NC(CO)C(O)/C=C/CC/C=C/CCCCCCCCCCCCCCCCCCCCC. The van der Waals surface area contributed by atoms with E-state index in [9.17, 15) is 15.0 Å². The number of unbranched alkanes of at least 4 members (excludes halogenated alkanes) is 25. The predicted octanol–water partition coefficient (Wildman–Crippen LogP) is 12.2. The number of carbonyl (C=O) groups is 1. The molecule has 270 valence electrons. The number of carbonyl (C=O) groups excluding carboxylic acids is 1. The van der Waals surface area contributed by atoms with Crippen LogP contribution >= 0.6 is 0 Å². The van der Waals surface area contributed by atoms with Crippen LogP contribution in [0.5, 0.6) is 0 Å². The molecule has 0 aromatic rings. The number of nitrogens with one attached hydrogen (secondary N) is 1. The molecule has 4 nitrogen and oxygen atoms in total. The minimum absolute atomic E-state index is 0.111. The second-order valence-electron chi connectivity index (χ2n) is 13.7. The van der Waals surface area contributed by atoms with Gasteiger partial charge in [0.2, 0.25) is 5.91 Å². The van der Waals surface area contributed by atoms with Gasteiger partial charge in [0, 0.05) is 6.42 Å². The van der Waals surface area contributed by atoms with Gasteiger partial charge in [-0.3, -0.25) is 4.79 Å². The van der Waals surface area contributed by atoms with Crippen LogP contribution in [0.3, 0.4) is 0 Å². The maximum Gasteiger partial charge on any atom is 0.220 e. The molecule has 0 radical (unpaired) electrons. The fourth-order valence-corrected chi connectivity index (χ4v) is 5.96. The van der Waals surface area contributed by atoms with E-state index < -0.39 is 12.1 Å². The molecule has 3 N–H and O–H groups in total. The average molecular weight is 646 g/mol. The summed E-state index contributed by atoms with van der Waals surface area (Å²) in [6.45, 7) is 4.24. The molecule has 0 aliphatic carbocycles. The zero-order chi connectivity index (χ0) is 33.6. The van der Waals surface area contributed by atoms with Crippen LogP contribution in [-0.4, -0.2) is 34.9 Å². The maximum atomic E-state index is 12.2. The summed E-state index contributed by atoms with van der Waals surface area (Å²) in [6, 6.07) is -0.650. The molecule has 0 aromatic carbocycles. The molecule has 0 saturated carbocycles. The summed E-state index contributed by atoms with van der Waals surface area (Å²) in [7, 11) is 0. The topological polar surface area (TPSA) is 69.6 Å². The third-order valence-electron chi connectivity index (χ3n) is 9.10. The van der Waals surface area contributed by atoms with Gasteiger partial charge in [0.15, 0.2) is 0 Å². The van der Waals surface area contributed by atoms with Gasteiger partial charge in [0.05, 0.1) is 18.8 Å². The smallest absolute Gasteiger partial charge is 0.220 e. The Morgan fingerprint density at radius 3 is 1.28 bits per heavy atom. The van der Waals surface area contributed by atoms with Crippen LogP contribution in [0.4, 0.5) is 0 Å². The minimum atomic E-state index is -0.870. The van der Waals surface area contributed by atoms with Gasteiger partial charge in [-0.25, -0.2) is 0 Å². The molecular formula is C42H79NO3. The van der Waals surface area contributed by atoms with Crippen molar-refractivity contribution in [2.24, 2.45) is 0 Å². The summed E-state index contributed by atoms with van der Waals surface area (Å²) in [5, 5.41) is 22.8. The molecule has 2 unspecified atom stereocenters. The normalized spacial score (nSPS) is 13.4. The van der Waals surface area contributed by atoms with Crippen molar-refractivity contribution in [2.75, 3.05) is 6.61 Å². The third-order valence-corrected chi connectivity index (χ3v) is 9.10. The minimum Gasteiger partial charge on any atom is -0.394 e. The molecule has 0 spiro atoms. The van der Waals surface area contributed by atoms with Gasteiger partial charge in [0.1, 0.15) is 0 Å². The largest absolute Gasteiger partial charge is 0.394 e. The van der Waals surface area contributed by atoms with E-state index in [1.54, 1.807) is 6.08 Å². The first-order valence-corrected chi connectivity index (χ1v) is 20.2. The first-order valence-electron chi connectivity index (χ1n) is 20.2. The van der Waals surface area contributed by atoms with E-state index in [1.165, 1.54) is 148 Å². The Balaban J connectivity index is 3.57. The van der Waals surface area contributed by atoms with Crippen molar-refractivity contribution in [2.45, 2.75) is 219 Å². The number of amides is 1. The van der Waals surface area contributed by atoms with Crippen LogP contribution in [0.1, 0.15) is 206 Å². The molecule has 0 aromatic heterocycles. The number of hydrogen-bond acceptors (Lipinski definition) is 3. The second-order valence-corrected chi connectivity index (χ2v) is 13.7. The molecule has 46 heavy (non-hydrogen) atoms. The first-order chi connectivity index (χ1) is 22.7. The van der Waals surface area contributed by atoms with Crippen molar-refractivity contribution in [3.8, 4) is 0 Å². The van der Waals surface area contributed by atoms with Crippen LogP contribution in [-0.2, 0) is 4.79 Å². The highest BCUT2D eigenvalue weighted by Gasteiger charge is 2.17. The number of aliphatic hydroxyl groups is 2. The standard InChI is InChI=1S/C42H79NO3/c1-3-5-7-9-11-13-14-15-16-17-18-19-20-21-22-23-24-25-26-27-28-30-31-33-35-37-41(45)40(39-44)43-42(46)38-36-34-32-29-12-10-8-6-4-2/h28-30,32,35,37,40-41,44-45H,3-27,31,33-34,36,38-39H2,1-2H3,(H,43,46)/b30-28+,32-29-,37-35+. The molecule has 0 aliphatic rings. The first kappa shape index (κ1) is 44.6. The van der Waals surface area contributed by atoms with Crippen LogP contribution in [0, 0.1) is 0 Å². The summed E-state index contributed by atoms with van der Waals surface area (Å²) in [5.74, 6) is -0.111. The fraction of sp³-hybridized carbons (Fsp3) is 0.833. The van der Waals surface area contributed by atoms with Gasteiger partial charge in [-0.15, -0.1) is 0 Å². The predicted molar refractivity (Wildman–Crippen MR) is 202 cm³/mol. The number of hydrogen-bond donors (Lipinski definition) is 3. The van der Waals surface area contributed by atoms with Gasteiger partial charge < -0.3 is 15.5 Å². The van der Waals surface area contributed by atoms with E-state index in [0.717, 1.165) is 38.5 Å². The van der Waals surface area contributed by atoms with E-state index >= 15 is 0 Å². The van der Waals surface area contributed by atoms with E-state index in [4.69, 9.17) is 0 Å². The molecule has 0 bridgehead atoms. The van der Waals surface area contributed by atoms with Crippen LogP contribution in [0.15, 0.2) is 36.5 Å². The summed E-state index contributed by atoms with van der Waals surface area (Å²) < 4.78 is 0. The highest BCUT2D eigenvalue weighted by atomic mass is 16.3. The molecule has 0 aliphatic heterocycles. The van der Waals surface area contributed by atoms with Crippen molar-refractivity contribution in [3.05, 3.63) is 36.5 Å². The van der Waals surface area contributed by atoms with E-state index in [-0.39, 0.29) is 12.5 Å². The van der Waals surface area contributed by atoms with Crippen molar-refractivity contribution >= 4 is 5.91 Å². The highest BCUT2D eigenvalue weighted by molar-refractivity contribution is 5.76. The molecule has 0 rings (SSSR count). The zero-order valence-corrected chi connectivity index (χ0v) is 30.8. The van der Waals surface area contributed by atoms with Crippen LogP contribution in [0.2, 0.25) is 0 Å². The fourth-order valence-electron chi connectivity index (χ4n) is 5.96. The van der Waals surface area contributed by atoms with Crippen molar-refractivity contribution < 1.29 is 15.0 Å². The lowest BCUT2D eigenvalue weighted by Crippen LogP contribution is -2.45. The van der Waals surface area contributed by atoms with Crippen molar-refractivity contribution in [1.29, 1.82) is 0 Å². The summed E-state index contributed by atoms with van der Waals surface area (Å²) in [5.41, 5.74) is 0. The molecule has 4 heteroatoms. The third kappa shape index (κ3) is 34.0. The van der Waals surface area contributed by atoms with Crippen LogP contribution in [0.25, 0.3) is 0 Å². The van der Waals surface area contributed by atoms with Gasteiger partial charge in [-0.1, -0.05) is 185 Å². The Kier molecular flexibility index (Phi) is 36.9. The average Bonchev–Trinajstić information content (AvgIpc) is 3.06. The lowest BCUT2D eigenvalue weighted by Gasteiger charge is -2.19. The molecule has 0 heterocycles. The Morgan fingerprint density at radius 1 is 0.500 bits per heavy atom. The monoisotopic (exact) mass is 646 g/mol. The molecular weight excluding hydrogens is 566 g/mol. The quantitative estimate of drug-likeness (QED) is 0.0469.